The Morgan fingerprint density at radius 1 is 1.17 bits per heavy atom. The third-order valence-corrected chi connectivity index (χ3v) is 5.46. The Kier molecular flexibility index (Phi) is 8.68. The van der Waals surface area contributed by atoms with E-state index < -0.39 is 24.0 Å². The number of amides is 2. The van der Waals surface area contributed by atoms with Crippen molar-refractivity contribution in [3.63, 3.8) is 0 Å². The molecule has 1 aliphatic carbocycles. The Balaban J connectivity index is 1.97. The summed E-state index contributed by atoms with van der Waals surface area (Å²) in [5.74, 6) is -0.768. The van der Waals surface area contributed by atoms with E-state index in [4.69, 9.17) is 10.5 Å². The van der Waals surface area contributed by atoms with Crippen molar-refractivity contribution in [1.82, 2.24) is 10.8 Å². The predicted octanol–water partition coefficient (Wildman–Crippen LogP) is 1.95. The number of hydrogen-bond donors (Lipinski definition) is 4. The monoisotopic (exact) mass is 403 g/mol. The second-order valence-corrected chi connectivity index (χ2v) is 8.58. The lowest BCUT2D eigenvalue weighted by Crippen LogP contribution is -2.56. The maximum absolute atomic E-state index is 13.2. The SMILES string of the molecule is CC(C)(Cc1ccccc1)NC(=O)C1(C(=O)NOB(O)CCCCN)CCCC1. The van der Waals surface area contributed by atoms with Gasteiger partial charge < -0.3 is 16.1 Å². The molecule has 0 unspecified atom stereocenters. The Morgan fingerprint density at radius 2 is 1.83 bits per heavy atom. The van der Waals surface area contributed by atoms with Gasteiger partial charge in [-0.15, -0.1) is 0 Å². The molecule has 0 heterocycles. The van der Waals surface area contributed by atoms with Crippen molar-refractivity contribution < 1.29 is 19.4 Å². The Bertz CT molecular complexity index is 663. The van der Waals surface area contributed by atoms with Crippen LogP contribution in [0.4, 0.5) is 0 Å². The molecule has 0 atom stereocenters. The van der Waals surface area contributed by atoms with Crippen molar-refractivity contribution >= 4 is 18.9 Å². The highest BCUT2D eigenvalue weighted by atomic mass is 16.7. The summed E-state index contributed by atoms with van der Waals surface area (Å²) in [6.45, 7) is 4.45. The van der Waals surface area contributed by atoms with Gasteiger partial charge >= 0.3 is 7.12 Å². The minimum absolute atomic E-state index is 0.283. The van der Waals surface area contributed by atoms with Crippen LogP contribution in [-0.4, -0.2) is 36.0 Å². The molecule has 2 rings (SSSR count). The molecule has 29 heavy (non-hydrogen) atoms. The number of benzene rings is 1. The zero-order valence-electron chi connectivity index (χ0n) is 17.6. The van der Waals surface area contributed by atoms with Crippen LogP contribution in [0, 0.1) is 5.41 Å². The molecule has 1 aromatic carbocycles. The highest BCUT2D eigenvalue weighted by Crippen LogP contribution is 2.39. The molecule has 1 aliphatic rings. The number of nitrogens with one attached hydrogen (secondary N) is 2. The molecule has 8 heteroatoms. The van der Waals surface area contributed by atoms with Crippen molar-refractivity contribution in [2.24, 2.45) is 11.1 Å². The predicted molar refractivity (Wildman–Crippen MR) is 114 cm³/mol. The van der Waals surface area contributed by atoms with Gasteiger partial charge in [0.2, 0.25) is 5.91 Å². The highest BCUT2D eigenvalue weighted by molar-refractivity contribution is 6.42. The Labute approximate surface area is 173 Å². The van der Waals surface area contributed by atoms with E-state index in [0.717, 1.165) is 24.8 Å². The van der Waals surface area contributed by atoms with Crippen molar-refractivity contribution in [2.45, 2.75) is 70.7 Å². The molecule has 160 valence electrons. The molecule has 2 amide bonds. The van der Waals surface area contributed by atoms with Crippen molar-refractivity contribution in [1.29, 1.82) is 0 Å². The second kappa shape index (κ2) is 10.8. The highest BCUT2D eigenvalue weighted by Gasteiger charge is 2.49. The van der Waals surface area contributed by atoms with Gasteiger partial charge in [0.15, 0.2) is 0 Å². The summed E-state index contributed by atoms with van der Waals surface area (Å²) in [6, 6.07) is 9.93. The molecule has 0 radical (unpaired) electrons. The molecular formula is C21H34BN3O4. The molecule has 0 bridgehead atoms. The van der Waals surface area contributed by atoms with Crippen LogP contribution in [0.1, 0.15) is 57.9 Å². The van der Waals surface area contributed by atoms with Gasteiger partial charge in [-0.1, -0.05) is 49.6 Å². The summed E-state index contributed by atoms with van der Waals surface area (Å²) in [7, 11) is -1.11. The van der Waals surface area contributed by atoms with E-state index in [1.165, 1.54) is 0 Å². The first kappa shape index (κ1) is 23.4. The van der Waals surface area contributed by atoms with E-state index >= 15 is 0 Å². The number of nitrogens with two attached hydrogens (primary N) is 1. The number of carbonyl (C=O) groups excluding carboxylic acids is 2. The molecule has 1 fully saturated rings. The molecule has 0 spiro atoms. The van der Waals surface area contributed by atoms with Crippen LogP contribution >= 0.6 is 0 Å². The lowest BCUT2D eigenvalue weighted by molar-refractivity contribution is -0.149. The second-order valence-electron chi connectivity index (χ2n) is 8.58. The van der Waals surface area contributed by atoms with Crippen LogP contribution in [0.25, 0.3) is 0 Å². The Hall–Kier alpha value is -1.90. The van der Waals surface area contributed by atoms with E-state index in [1.807, 2.05) is 44.2 Å². The molecule has 0 saturated heterocycles. The van der Waals surface area contributed by atoms with Crippen LogP contribution in [-0.2, 0) is 20.8 Å². The van der Waals surface area contributed by atoms with Crippen LogP contribution in [0.5, 0.6) is 0 Å². The molecule has 7 nitrogen and oxygen atoms in total. The van der Waals surface area contributed by atoms with Crippen molar-refractivity contribution in [3.05, 3.63) is 35.9 Å². The lowest BCUT2D eigenvalue weighted by atomic mass is 9.82. The quantitative estimate of drug-likeness (QED) is 0.195. The lowest BCUT2D eigenvalue weighted by Gasteiger charge is -2.33. The molecule has 0 aliphatic heterocycles. The molecular weight excluding hydrogens is 369 g/mol. The molecule has 1 saturated carbocycles. The van der Waals surface area contributed by atoms with E-state index in [-0.39, 0.29) is 5.91 Å². The van der Waals surface area contributed by atoms with E-state index in [0.29, 0.717) is 38.5 Å². The fraction of sp³-hybridized carbons (Fsp3) is 0.619. The molecule has 0 aromatic heterocycles. The van der Waals surface area contributed by atoms with Crippen LogP contribution < -0.4 is 16.5 Å². The molecule has 5 N–H and O–H groups in total. The van der Waals surface area contributed by atoms with Crippen LogP contribution in [0.3, 0.4) is 0 Å². The largest absolute Gasteiger partial charge is 0.479 e. The zero-order valence-corrected chi connectivity index (χ0v) is 17.6. The van der Waals surface area contributed by atoms with Gasteiger partial charge in [0, 0.05) is 5.54 Å². The number of rotatable bonds is 11. The van der Waals surface area contributed by atoms with Gasteiger partial charge in [-0.3, -0.25) is 14.3 Å². The maximum atomic E-state index is 13.2. The zero-order chi connectivity index (χ0) is 21.3. The topological polar surface area (TPSA) is 114 Å². The average molecular weight is 403 g/mol. The number of hydrogen-bond acceptors (Lipinski definition) is 5. The Morgan fingerprint density at radius 3 is 2.45 bits per heavy atom. The van der Waals surface area contributed by atoms with Crippen molar-refractivity contribution in [3.8, 4) is 0 Å². The van der Waals surface area contributed by atoms with E-state index in [9.17, 15) is 14.6 Å². The summed E-state index contributed by atoms with van der Waals surface area (Å²) in [4.78, 5) is 26.0. The van der Waals surface area contributed by atoms with Gasteiger partial charge in [-0.2, -0.15) is 0 Å². The average Bonchev–Trinajstić information content (AvgIpc) is 3.17. The molecule has 1 aromatic rings. The fourth-order valence-electron chi connectivity index (χ4n) is 3.85. The van der Waals surface area contributed by atoms with Crippen molar-refractivity contribution in [2.75, 3.05) is 6.54 Å². The third-order valence-electron chi connectivity index (χ3n) is 5.46. The van der Waals surface area contributed by atoms with Gasteiger partial charge in [-0.25, -0.2) is 5.48 Å². The summed E-state index contributed by atoms with van der Waals surface area (Å²) < 4.78 is 5.10. The van der Waals surface area contributed by atoms with E-state index in [1.54, 1.807) is 0 Å². The summed E-state index contributed by atoms with van der Waals surface area (Å²) in [6.07, 6.45) is 5.06. The van der Waals surface area contributed by atoms with Crippen LogP contribution in [0.15, 0.2) is 30.3 Å². The standard InChI is InChI=1S/C21H34BN3O4/c1-20(2,16-17-10-4-3-5-11-17)24-18(26)21(12-6-7-13-21)19(27)25-29-22(28)14-8-9-15-23/h3-5,10-11,28H,6-9,12-16,23H2,1-2H3,(H,24,26)(H,25,27). The number of carbonyl (C=O) groups is 2. The summed E-state index contributed by atoms with van der Waals surface area (Å²) in [5, 5.41) is 12.9. The first-order valence-electron chi connectivity index (χ1n) is 10.5. The first-order chi connectivity index (χ1) is 13.8. The fourth-order valence-corrected chi connectivity index (χ4v) is 3.85. The summed E-state index contributed by atoms with van der Waals surface area (Å²) >= 11 is 0. The smallest absolute Gasteiger partial charge is 0.426 e. The minimum atomic E-state index is -1.16. The normalized spacial score (nSPS) is 15.7. The summed E-state index contributed by atoms with van der Waals surface area (Å²) in [5.41, 5.74) is 7.21. The maximum Gasteiger partial charge on any atom is 0.479 e. The van der Waals surface area contributed by atoms with Crippen LogP contribution in [0.2, 0.25) is 6.32 Å². The van der Waals surface area contributed by atoms with E-state index in [2.05, 4.69) is 10.8 Å². The van der Waals surface area contributed by atoms with Gasteiger partial charge in [-0.05, 0) is 58.0 Å². The van der Waals surface area contributed by atoms with Gasteiger partial charge in [0.1, 0.15) is 5.41 Å². The minimum Gasteiger partial charge on any atom is -0.426 e. The number of unbranched alkanes of at least 4 members (excludes halogenated alkanes) is 1. The van der Waals surface area contributed by atoms with Gasteiger partial charge in [0.25, 0.3) is 5.91 Å². The first-order valence-corrected chi connectivity index (χ1v) is 10.5. The van der Waals surface area contributed by atoms with Gasteiger partial charge in [0.05, 0.1) is 0 Å². The number of hydroxylamine groups is 1. The third kappa shape index (κ3) is 6.84.